The van der Waals surface area contributed by atoms with E-state index in [1.165, 1.54) is 0 Å². The maximum Gasteiger partial charge on any atom is 0.320 e. The second kappa shape index (κ2) is 8.47. The molecule has 23 heavy (non-hydrogen) atoms. The molecule has 0 radical (unpaired) electrons. The van der Waals surface area contributed by atoms with Crippen molar-refractivity contribution in [3.05, 3.63) is 44.8 Å². The lowest BCUT2D eigenvalue weighted by molar-refractivity contribution is 0.0189. The number of hydrogen-bond donors (Lipinski definition) is 2. The van der Waals surface area contributed by atoms with Crippen molar-refractivity contribution in [1.82, 2.24) is 10.2 Å². The fourth-order valence-electron chi connectivity index (χ4n) is 2.27. The van der Waals surface area contributed by atoms with Crippen LogP contribution in [0.25, 0.3) is 0 Å². The van der Waals surface area contributed by atoms with Gasteiger partial charge in [-0.2, -0.15) is 0 Å². The number of carbonyl (C=O) groups excluding carboxylic acids is 1. The largest absolute Gasteiger partial charge is 0.371 e. The SMILES string of the molecule is CCCC[C@](C)(O)NC(=O)N(Cc1cccs1)Cc1cccs1. The molecule has 6 heteroatoms. The molecule has 2 rings (SSSR count). The fourth-order valence-corrected chi connectivity index (χ4v) is 3.71. The van der Waals surface area contributed by atoms with Gasteiger partial charge in [-0.25, -0.2) is 4.79 Å². The summed E-state index contributed by atoms with van der Waals surface area (Å²) in [7, 11) is 0. The van der Waals surface area contributed by atoms with Crippen molar-refractivity contribution in [1.29, 1.82) is 0 Å². The summed E-state index contributed by atoms with van der Waals surface area (Å²) in [6.45, 7) is 4.82. The summed E-state index contributed by atoms with van der Waals surface area (Å²) in [5, 5.41) is 17.1. The molecule has 0 aliphatic heterocycles. The van der Waals surface area contributed by atoms with Crippen LogP contribution in [0.4, 0.5) is 4.79 Å². The third-order valence-electron chi connectivity index (χ3n) is 3.53. The van der Waals surface area contributed by atoms with Crippen molar-refractivity contribution >= 4 is 28.7 Å². The molecule has 2 aromatic rings. The van der Waals surface area contributed by atoms with Gasteiger partial charge >= 0.3 is 6.03 Å². The zero-order valence-electron chi connectivity index (χ0n) is 13.6. The molecule has 126 valence electrons. The van der Waals surface area contributed by atoms with Gasteiger partial charge < -0.3 is 15.3 Å². The Bertz CT molecular complexity index is 544. The Morgan fingerprint density at radius 2 is 1.78 bits per heavy atom. The van der Waals surface area contributed by atoms with E-state index in [4.69, 9.17) is 0 Å². The number of rotatable bonds is 8. The molecule has 2 heterocycles. The van der Waals surface area contributed by atoms with Crippen LogP contribution in [-0.4, -0.2) is 21.8 Å². The van der Waals surface area contributed by atoms with Crippen molar-refractivity contribution in [2.75, 3.05) is 0 Å². The minimum atomic E-state index is -1.17. The first kappa shape index (κ1) is 18.0. The molecule has 0 aliphatic carbocycles. The molecule has 0 bridgehead atoms. The lowest BCUT2D eigenvalue weighted by Gasteiger charge is -2.29. The number of unbranched alkanes of at least 4 members (excludes halogenated alkanes) is 1. The molecule has 2 amide bonds. The molecule has 4 nitrogen and oxygen atoms in total. The average molecular weight is 353 g/mol. The van der Waals surface area contributed by atoms with Crippen LogP contribution in [-0.2, 0) is 13.1 Å². The quantitative estimate of drug-likeness (QED) is 0.691. The molecule has 0 spiro atoms. The highest BCUT2D eigenvalue weighted by Crippen LogP contribution is 2.18. The van der Waals surface area contributed by atoms with Crippen LogP contribution in [0.5, 0.6) is 0 Å². The van der Waals surface area contributed by atoms with Crippen molar-refractivity contribution < 1.29 is 9.90 Å². The zero-order chi connectivity index (χ0) is 16.7. The molecule has 0 unspecified atom stereocenters. The first-order valence-corrected chi connectivity index (χ1v) is 9.60. The summed E-state index contributed by atoms with van der Waals surface area (Å²) in [4.78, 5) is 16.6. The highest BCUT2D eigenvalue weighted by Gasteiger charge is 2.25. The Kier molecular flexibility index (Phi) is 6.62. The molecule has 0 fully saturated rings. The van der Waals surface area contributed by atoms with Crippen LogP contribution >= 0.6 is 22.7 Å². The predicted octanol–water partition coefficient (Wildman–Crippen LogP) is 4.42. The van der Waals surface area contributed by atoms with Gasteiger partial charge in [0.25, 0.3) is 0 Å². The Morgan fingerprint density at radius 1 is 1.22 bits per heavy atom. The summed E-state index contributed by atoms with van der Waals surface area (Å²) in [5.74, 6) is 0. The van der Waals surface area contributed by atoms with Crippen LogP contribution in [0, 0.1) is 0 Å². The number of nitrogens with zero attached hydrogens (tertiary/aromatic N) is 1. The number of hydrogen-bond acceptors (Lipinski definition) is 4. The minimum Gasteiger partial charge on any atom is -0.371 e. The second-order valence-corrected chi connectivity index (χ2v) is 7.89. The van der Waals surface area contributed by atoms with E-state index in [1.54, 1.807) is 34.5 Å². The zero-order valence-corrected chi connectivity index (χ0v) is 15.3. The molecule has 2 aromatic heterocycles. The Balaban J connectivity index is 2.04. The first-order chi connectivity index (χ1) is 11.0. The van der Waals surface area contributed by atoms with E-state index in [0.29, 0.717) is 19.5 Å². The van der Waals surface area contributed by atoms with Gasteiger partial charge in [-0.1, -0.05) is 25.5 Å². The number of thiophene rings is 2. The van der Waals surface area contributed by atoms with Gasteiger partial charge in [0.05, 0.1) is 13.1 Å². The summed E-state index contributed by atoms with van der Waals surface area (Å²) in [5.41, 5.74) is -1.17. The Morgan fingerprint density at radius 3 is 2.22 bits per heavy atom. The third-order valence-corrected chi connectivity index (χ3v) is 5.26. The Labute approximate surface area is 145 Å². The number of carbonyl (C=O) groups is 1. The summed E-state index contributed by atoms with van der Waals surface area (Å²) >= 11 is 3.26. The van der Waals surface area contributed by atoms with E-state index >= 15 is 0 Å². The lowest BCUT2D eigenvalue weighted by Crippen LogP contribution is -2.51. The van der Waals surface area contributed by atoms with Crippen LogP contribution in [0.1, 0.15) is 42.9 Å². The molecule has 1 atom stereocenters. The fraction of sp³-hybridized carbons (Fsp3) is 0.471. The van der Waals surface area contributed by atoms with E-state index in [-0.39, 0.29) is 6.03 Å². The number of aliphatic hydroxyl groups is 1. The monoisotopic (exact) mass is 352 g/mol. The normalized spacial score (nSPS) is 13.5. The highest BCUT2D eigenvalue weighted by atomic mass is 32.1. The number of urea groups is 1. The minimum absolute atomic E-state index is 0.229. The summed E-state index contributed by atoms with van der Waals surface area (Å²) in [6, 6.07) is 7.79. The van der Waals surface area contributed by atoms with Crippen LogP contribution in [0.15, 0.2) is 35.0 Å². The van der Waals surface area contributed by atoms with Crippen LogP contribution in [0.3, 0.4) is 0 Å². The van der Waals surface area contributed by atoms with E-state index in [2.05, 4.69) is 12.2 Å². The second-order valence-electron chi connectivity index (χ2n) is 5.82. The van der Waals surface area contributed by atoms with Crippen LogP contribution in [0.2, 0.25) is 0 Å². The van der Waals surface area contributed by atoms with Crippen molar-refractivity contribution in [3.63, 3.8) is 0 Å². The molecular weight excluding hydrogens is 328 g/mol. The molecule has 0 saturated heterocycles. The first-order valence-electron chi connectivity index (χ1n) is 7.84. The smallest absolute Gasteiger partial charge is 0.320 e. The molecule has 0 aromatic carbocycles. The molecular formula is C17H24N2O2S2. The maximum absolute atomic E-state index is 12.6. The van der Waals surface area contributed by atoms with Gasteiger partial charge in [0.1, 0.15) is 5.72 Å². The van der Waals surface area contributed by atoms with E-state index in [1.807, 2.05) is 35.0 Å². The van der Waals surface area contributed by atoms with Crippen molar-refractivity contribution in [2.45, 2.75) is 51.9 Å². The van der Waals surface area contributed by atoms with Gasteiger partial charge in [0, 0.05) is 9.75 Å². The van der Waals surface area contributed by atoms with Gasteiger partial charge in [0.15, 0.2) is 0 Å². The predicted molar refractivity (Wildman–Crippen MR) is 96.6 cm³/mol. The molecule has 2 N–H and O–H groups in total. The van der Waals surface area contributed by atoms with Crippen molar-refractivity contribution in [2.24, 2.45) is 0 Å². The van der Waals surface area contributed by atoms with Crippen molar-refractivity contribution in [3.8, 4) is 0 Å². The highest BCUT2D eigenvalue weighted by molar-refractivity contribution is 7.10. The maximum atomic E-state index is 12.6. The molecule has 0 aliphatic rings. The lowest BCUT2D eigenvalue weighted by atomic mass is 10.1. The van der Waals surface area contributed by atoms with E-state index in [0.717, 1.165) is 22.6 Å². The Hall–Kier alpha value is -1.37. The van der Waals surface area contributed by atoms with Crippen LogP contribution < -0.4 is 5.32 Å². The van der Waals surface area contributed by atoms with Gasteiger partial charge in [-0.3, -0.25) is 0 Å². The van der Waals surface area contributed by atoms with Gasteiger partial charge in [-0.05, 0) is 42.7 Å². The third kappa shape index (κ3) is 5.97. The summed E-state index contributed by atoms with van der Waals surface area (Å²) < 4.78 is 0. The van der Waals surface area contributed by atoms with E-state index in [9.17, 15) is 9.90 Å². The number of amides is 2. The molecule has 0 saturated carbocycles. The van der Waals surface area contributed by atoms with Gasteiger partial charge in [-0.15, -0.1) is 22.7 Å². The van der Waals surface area contributed by atoms with E-state index < -0.39 is 5.72 Å². The average Bonchev–Trinajstić information content (AvgIpc) is 3.17. The standard InChI is InChI=1S/C17H24N2O2S2/c1-3-4-9-17(2,21)18-16(20)19(12-14-7-5-10-22-14)13-15-8-6-11-23-15/h5-8,10-11,21H,3-4,9,12-13H2,1-2H3,(H,18,20)/t17-/m0/s1. The van der Waals surface area contributed by atoms with Gasteiger partial charge in [0.2, 0.25) is 0 Å². The summed E-state index contributed by atoms with van der Waals surface area (Å²) in [6.07, 6.45) is 2.42. The topological polar surface area (TPSA) is 52.6 Å². The number of nitrogens with one attached hydrogen (secondary N) is 1.